The Bertz CT molecular complexity index is 218. The highest BCUT2D eigenvalue weighted by atomic mass is 16.7. The number of rotatable bonds is 2. The van der Waals surface area contributed by atoms with Gasteiger partial charge < -0.3 is 25.0 Å². The summed E-state index contributed by atoms with van der Waals surface area (Å²) < 4.78 is 10.5. The van der Waals surface area contributed by atoms with Gasteiger partial charge in [0.25, 0.3) is 0 Å². The first-order valence-corrected chi connectivity index (χ1v) is 4.29. The largest absolute Gasteiger partial charge is 0.465 e. The van der Waals surface area contributed by atoms with Gasteiger partial charge in [-0.1, -0.05) is 0 Å². The summed E-state index contributed by atoms with van der Waals surface area (Å²) in [6.45, 7) is 3.31. The second-order valence-electron chi connectivity index (χ2n) is 3.85. The smallest absolute Gasteiger partial charge is 0.405 e. The van der Waals surface area contributed by atoms with E-state index >= 15 is 0 Å². The van der Waals surface area contributed by atoms with Crippen LogP contribution >= 0.6 is 0 Å². The van der Waals surface area contributed by atoms with Crippen LogP contribution in [-0.4, -0.2) is 47.5 Å². The van der Waals surface area contributed by atoms with E-state index in [2.05, 4.69) is 5.32 Å². The molecule has 6 nitrogen and oxygen atoms in total. The van der Waals surface area contributed by atoms with Gasteiger partial charge in [-0.15, -0.1) is 0 Å². The summed E-state index contributed by atoms with van der Waals surface area (Å²) in [7, 11) is 0. The third kappa shape index (κ3) is 2.57. The number of amides is 1. The molecule has 1 heterocycles. The number of carboxylic acid groups (broad SMARTS) is 1. The molecule has 0 aliphatic carbocycles. The molecule has 0 atom stereocenters. The van der Waals surface area contributed by atoms with E-state index in [0.29, 0.717) is 0 Å². The van der Waals surface area contributed by atoms with Gasteiger partial charge in [0.05, 0.1) is 19.8 Å². The highest BCUT2D eigenvalue weighted by Crippen LogP contribution is 2.22. The first-order valence-electron chi connectivity index (χ1n) is 4.29. The molecular formula is C8H15NO5. The van der Waals surface area contributed by atoms with E-state index in [0.717, 1.165) is 0 Å². The van der Waals surface area contributed by atoms with Gasteiger partial charge >= 0.3 is 6.09 Å². The summed E-state index contributed by atoms with van der Waals surface area (Å²) in [5.74, 6) is -0.723. The lowest BCUT2D eigenvalue weighted by Crippen LogP contribution is -2.62. The van der Waals surface area contributed by atoms with Gasteiger partial charge in [-0.2, -0.15) is 0 Å². The van der Waals surface area contributed by atoms with Gasteiger partial charge in [-0.3, -0.25) is 0 Å². The van der Waals surface area contributed by atoms with Gasteiger partial charge in [-0.05, 0) is 13.8 Å². The quantitative estimate of drug-likeness (QED) is 0.579. The standard InChI is InChI=1S/C8H15NO5/c1-7(2)13-4-8(3-10,5-14-7)9-6(11)12/h9-10H,3-5H2,1-2H3,(H,11,12). The molecule has 1 amide bonds. The fourth-order valence-electron chi connectivity index (χ4n) is 1.14. The maximum Gasteiger partial charge on any atom is 0.405 e. The fraction of sp³-hybridized carbons (Fsp3) is 0.875. The number of nitrogens with one attached hydrogen (secondary N) is 1. The Kier molecular flexibility index (Phi) is 2.98. The van der Waals surface area contributed by atoms with Crippen molar-refractivity contribution in [1.82, 2.24) is 5.32 Å². The lowest BCUT2D eigenvalue weighted by molar-refractivity contribution is -0.273. The van der Waals surface area contributed by atoms with E-state index in [1.807, 2.05) is 0 Å². The summed E-state index contributed by atoms with van der Waals surface area (Å²) >= 11 is 0. The van der Waals surface area contributed by atoms with Crippen LogP contribution < -0.4 is 5.32 Å². The van der Waals surface area contributed by atoms with Gasteiger partial charge in [-0.25, -0.2) is 4.79 Å². The number of ether oxygens (including phenoxy) is 2. The highest BCUT2D eigenvalue weighted by molar-refractivity contribution is 5.65. The first-order chi connectivity index (χ1) is 6.39. The molecule has 1 saturated heterocycles. The average molecular weight is 205 g/mol. The molecule has 1 rings (SSSR count). The zero-order valence-electron chi connectivity index (χ0n) is 8.24. The molecule has 0 aromatic rings. The number of aliphatic hydroxyl groups is 1. The summed E-state index contributed by atoms with van der Waals surface area (Å²) in [6, 6.07) is 0. The lowest BCUT2D eigenvalue weighted by Gasteiger charge is -2.42. The Labute approximate surface area is 81.8 Å². The van der Waals surface area contributed by atoms with Crippen molar-refractivity contribution in [2.75, 3.05) is 19.8 Å². The second-order valence-corrected chi connectivity index (χ2v) is 3.85. The summed E-state index contributed by atoms with van der Waals surface area (Å²) in [5, 5.41) is 19.8. The Morgan fingerprint density at radius 2 is 1.93 bits per heavy atom. The minimum Gasteiger partial charge on any atom is -0.465 e. The molecule has 82 valence electrons. The fourth-order valence-corrected chi connectivity index (χ4v) is 1.14. The minimum absolute atomic E-state index is 0.100. The molecule has 0 radical (unpaired) electrons. The van der Waals surface area contributed by atoms with Crippen molar-refractivity contribution < 1.29 is 24.5 Å². The zero-order chi connectivity index (χ0) is 10.8. The molecule has 14 heavy (non-hydrogen) atoms. The Hall–Kier alpha value is -0.850. The van der Waals surface area contributed by atoms with Crippen molar-refractivity contribution in [1.29, 1.82) is 0 Å². The van der Waals surface area contributed by atoms with E-state index in [9.17, 15) is 4.79 Å². The predicted molar refractivity (Wildman–Crippen MR) is 47.0 cm³/mol. The number of carbonyl (C=O) groups is 1. The normalized spacial score (nSPS) is 24.2. The molecular weight excluding hydrogens is 190 g/mol. The number of aliphatic hydroxyl groups excluding tert-OH is 1. The average Bonchev–Trinajstić information content (AvgIpc) is 2.09. The van der Waals surface area contributed by atoms with Crippen LogP contribution in [-0.2, 0) is 9.47 Å². The van der Waals surface area contributed by atoms with E-state index < -0.39 is 17.4 Å². The molecule has 0 saturated carbocycles. The second kappa shape index (κ2) is 3.72. The minimum atomic E-state index is -1.20. The van der Waals surface area contributed by atoms with Gasteiger partial charge in [0.1, 0.15) is 5.54 Å². The van der Waals surface area contributed by atoms with Crippen molar-refractivity contribution in [3.63, 3.8) is 0 Å². The van der Waals surface area contributed by atoms with Crippen LogP contribution in [0.5, 0.6) is 0 Å². The SMILES string of the molecule is CC1(C)OCC(CO)(NC(=O)O)CO1. The topological polar surface area (TPSA) is 88.0 Å². The molecule has 1 aliphatic heterocycles. The third-order valence-corrected chi connectivity index (χ3v) is 2.07. The number of hydrogen-bond donors (Lipinski definition) is 3. The molecule has 1 fully saturated rings. The molecule has 6 heteroatoms. The van der Waals surface area contributed by atoms with Crippen molar-refractivity contribution in [2.24, 2.45) is 0 Å². The Morgan fingerprint density at radius 3 is 2.29 bits per heavy atom. The Morgan fingerprint density at radius 1 is 1.43 bits per heavy atom. The maximum atomic E-state index is 10.5. The molecule has 0 unspecified atom stereocenters. The van der Waals surface area contributed by atoms with E-state index in [-0.39, 0.29) is 19.8 Å². The molecule has 0 aromatic carbocycles. The van der Waals surface area contributed by atoms with Crippen LogP contribution in [0.4, 0.5) is 4.79 Å². The molecule has 3 N–H and O–H groups in total. The highest BCUT2D eigenvalue weighted by Gasteiger charge is 2.40. The monoisotopic (exact) mass is 205 g/mol. The zero-order valence-corrected chi connectivity index (χ0v) is 8.24. The van der Waals surface area contributed by atoms with Crippen molar-refractivity contribution in [3.05, 3.63) is 0 Å². The van der Waals surface area contributed by atoms with Crippen LogP contribution in [0.15, 0.2) is 0 Å². The third-order valence-electron chi connectivity index (χ3n) is 2.07. The maximum absolute atomic E-state index is 10.5. The number of hydrogen-bond acceptors (Lipinski definition) is 4. The van der Waals surface area contributed by atoms with Crippen LogP contribution in [0.25, 0.3) is 0 Å². The Balaban J connectivity index is 2.61. The molecule has 1 aliphatic rings. The van der Waals surface area contributed by atoms with E-state index in [1.165, 1.54) is 0 Å². The van der Waals surface area contributed by atoms with E-state index in [4.69, 9.17) is 19.7 Å². The molecule has 0 aromatic heterocycles. The molecule has 0 bridgehead atoms. The van der Waals surface area contributed by atoms with Crippen LogP contribution in [0.1, 0.15) is 13.8 Å². The molecule has 0 spiro atoms. The van der Waals surface area contributed by atoms with Crippen molar-refractivity contribution in [3.8, 4) is 0 Å². The first kappa shape index (κ1) is 11.2. The summed E-state index contributed by atoms with van der Waals surface area (Å²) in [4.78, 5) is 10.5. The predicted octanol–water partition coefficient (Wildman–Crippen LogP) is -0.232. The van der Waals surface area contributed by atoms with Crippen LogP contribution in [0, 0.1) is 0 Å². The van der Waals surface area contributed by atoms with E-state index in [1.54, 1.807) is 13.8 Å². The lowest BCUT2D eigenvalue weighted by atomic mass is 10.0. The van der Waals surface area contributed by atoms with Gasteiger partial charge in [0.2, 0.25) is 0 Å². The van der Waals surface area contributed by atoms with Crippen molar-refractivity contribution in [2.45, 2.75) is 25.2 Å². The van der Waals surface area contributed by atoms with Gasteiger partial charge in [0.15, 0.2) is 5.79 Å². The summed E-state index contributed by atoms with van der Waals surface area (Å²) in [5.41, 5.74) is -1.04. The van der Waals surface area contributed by atoms with Crippen LogP contribution in [0.3, 0.4) is 0 Å². The summed E-state index contributed by atoms with van der Waals surface area (Å²) in [6.07, 6.45) is -1.20. The van der Waals surface area contributed by atoms with Gasteiger partial charge in [0, 0.05) is 0 Å². The van der Waals surface area contributed by atoms with Crippen molar-refractivity contribution >= 4 is 6.09 Å². The van der Waals surface area contributed by atoms with Crippen LogP contribution in [0.2, 0.25) is 0 Å².